The molecule has 3 atom stereocenters. The number of likely N-dealkylation sites (tertiary alicyclic amines) is 1. The molecular weight excluding hydrogens is 274 g/mol. The highest BCUT2D eigenvalue weighted by Gasteiger charge is 2.41. The van der Waals surface area contributed by atoms with E-state index in [-0.39, 0.29) is 5.91 Å². The molecule has 0 aromatic heterocycles. The lowest BCUT2D eigenvalue weighted by Gasteiger charge is -2.22. The molecule has 1 saturated heterocycles. The van der Waals surface area contributed by atoms with Gasteiger partial charge in [0.2, 0.25) is 5.91 Å². The molecule has 4 nitrogen and oxygen atoms in total. The summed E-state index contributed by atoms with van der Waals surface area (Å²) in [6, 6.07) is 11.4. The molecule has 2 N–H and O–H groups in total. The third kappa shape index (κ3) is 3.87. The first-order valence-corrected chi connectivity index (χ1v) is 8.46. The van der Waals surface area contributed by atoms with Gasteiger partial charge in [0.1, 0.15) is 0 Å². The maximum Gasteiger partial charge on any atom is 0.216 e. The van der Waals surface area contributed by atoms with Gasteiger partial charge < -0.3 is 10.6 Å². The minimum atomic E-state index is 0.0565. The second kappa shape index (κ2) is 7.25. The molecule has 1 aliphatic carbocycles. The Morgan fingerprint density at radius 3 is 2.77 bits per heavy atom. The molecule has 2 fully saturated rings. The van der Waals surface area contributed by atoms with Gasteiger partial charge in [-0.2, -0.15) is 0 Å². The van der Waals surface area contributed by atoms with E-state index in [1.807, 2.05) is 0 Å². The highest BCUT2D eigenvalue weighted by Crippen LogP contribution is 2.38. The van der Waals surface area contributed by atoms with Gasteiger partial charge in [-0.15, -0.1) is 0 Å². The summed E-state index contributed by atoms with van der Waals surface area (Å²) in [7, 11) is 0. The van der Waals surface area contributed by atoms with E-state index in [1.165, 1.54) is 31.5 Å². The molecule has 1 aromatic carbocycles. The van der Waals surface area contributed by atoms with Gasteiger partial charge in [0, 0.05) is 45.7 Å². The summed E-state index contributed by atoms with van der Waals surface area (Å²) in [5, 5.41) is 6.51. The molecule has 0 radical (unpaired) electrons. The lowest BCUT2D eigenvalue weighted by Crippen LogP contribution is -2.40. The first-order valence-electron chi connectivity index (χ1n) is 8.46. The number of fused-ring (bicyclic) bond motifs is 1. The summed E-state index contributed by atoms with van der Waals surface area (Å²) >= 11 is 0. The molecule has 1 aromatic rings. The van der Waals surface area contributed by atoms with Gasteiger partial charge in [0.05, 0.1) is 0 Å². The average Bonchev–Trinajstić information content (AvgIpc) is 3.05. The van der Waals surface area contributed by atoms with E-state index >= 15 is 0 Å². The van der Waals surface area contributed by atoms with E-state index < -0.39 is 0 Å². The molecular formula is C18H27N3O. The van der Waals surface area contributed by atoms with Crippen molar-refractivity contribution < 1.29 is 4.79 Å². The lowest BCUT2D eigenvalue weighted by atomic mass is 9.98. The van der Waals surface area contributed by atoms with Crippen LogP contribution in [0.2, 0.25) is 0 Å². The van der Waals surface area contributed by atoms with E-state index in [2.05, 4.69) is 45.9 Å². The molecule has 120 valence electrons. The summed E-state index contributed by atoms with van der Waals surface area (Å²) in [6.45, 7) is 6.71. The van der Waals surface area contributed by atoms with Gasteiger partial charge in [0.25, 0.3) is 0 Å². The standard InChI is InChI=1S/C18H27N3O/c1-14(22)19-9-10-20-18-8-7-16-12-21(13-17(16)18)11-15-5-3-2-4-6-15/h2-6,16-18,20H,7-13H2,1H3,(H,19,22). The monoisotopic (exact) mass is 301 g/mol. The van der Waals surface area contributed by atoms with Crippen molar-refractivity contribution in [2.45, 2.75) is 32.4 Å². The van der Waals surface area contributed by atoms with Crippen LogP contribution < -0.4 is 10.6 Å². The Kier molecular flexibility index (Phi) is 5.11. The summed E-state index contributed by atoms with van der Waals surface area (Å²) in [5.41, 5.74) is 1.41. The van der Waals surface area contributed by atoms with Gasteiger partial charge in [-0.05, 0) is 30.2 Å². The molecule has 0 spiro atoms. The maximum absolute atomic E-state index is 10.9. The highest BCUT2D eigenvalue weighted by molar-refractivity contribution is 5.72. The molecule has 1 aliphatic heterocycles. The molecule has 3 unspecified atom stereocenters. The van der Waals surface area contributed by atoms with E-state index in [1.54, 1.807) is 6.92 Å². The number of benzene rings is 1. The Morgan fingerprint density at radius 2 is 2.00 bits per heavy atom. The molecule has 22 heavy (non-hydrogen) atoms. The number of nitrogens with zero attached hydrogens (tertiary/aromatic N) is 1. The Balaban J connectivity index is 1.45. The molecule has 1 amide bonds. The number of hydrogen-bond donors (Lipinski definition) is 2. The Labute approximate surface area is 133 Å². The van der Waals surface area contributed by atoms with Crippen molar-refractivity contribution in [1.82, 2.24) is 15.5 Å². The van der Waals surface area contributed by atoms with Crippen LogP contribution in [0.15, 0.2) is 30.3 Å². The third-order valence-corrected chi connectivity index (χ3v) is 5.09. The van der Waals surface area contributed by atoms with Crippen LogP contribution in [0.5, 0.6) is 0 Å². The van der Waals surface area contributed by atoms with Crippen molar-refractivity contribution in [3.05, 3.63) is 35.9 Å². The van der Waals surface area contributed by atoms with Crippen LogP contribution >= 0.6 is 0 Å². The van der Waals surface area contributed by atoms with Gasteiger partial charge >= 0.3 is 0 Å². The molecule has 1 saturated carbocycles. The van der Waals surface area contributed by atoms with Crippen LogP contribution in [0.4, 0.5) is 0 Å². The zero-order chi connectivity index (χ0) is 15.4. The van der Waals surface area contributed by atoms with Gasteiger partial charge in [-0.25, -0.2) is 0 Å². The predicted octanol–water partition coefficient (Wildman–Crippen LogP) is 1.62. The number of carbonyl (C=O) groups is 1. The molecule has 2 aliphatic rings. The summed E-state index contributed by atoms with van der Waals surface area (Å²) in [5.74, 6) is 1.68. The topological polar surface area (TPSA) is 44.4 Å². The second-order valence-electron chi connectivity index (χ2n) is 6.72. The number of amides is 1. The minimum absolute atomic E-state index is 0.0565. The zero-order valence-electron chi connectivity index (χ0n) is 13.4. The Hall–Kier alpha value is -1.39. The zero-order valence-corrected chi connectivity index (χ0v) is 13.4. The van der Waals surface area contributed by atoms with E-state index in [0.29, 0.717) is 6.04 Å². The van der Waals surface area contributed by atoms with Crippen molar-refractivity contribution in [1.29, 1.82) is 0 Å². The minimum Gasteiger partial charge on any atom is -0.355 e. The van der Waals surface area contributed by atoms with Gasteiger partial charge in [-0.1, -0.05) is 30.3 Å². The third-order valence-electron chi connectivity index (χ3n) is 5.09. The summed E-state index contributed by atoms with van der Waals surface area (Å²) < 4.78 is 0. The Morgan fingerprint density at radius 1 is 1.18 bits per heavy atom. The van der Waals surface area contributed by atoms with Crippen LogP contribution in [0, 0.1) is 11.8 Å². The van der Waals surface area contributed by atoms with Gasteiger partial charge in [-0.3, -0.25) is 9.69 Å². The van der Waals surface area contributed by atoms with E-state index in [0.717, 1.165) is 31.5 Å². The van der Waals surface area contributed by atoms with Crippen LogP contribution in [0.25, 0.3) is 0 Å². The van der Waals surface area contributed by atoms with Crippen LogP contribution in [-0.4, -0.2) is 43.0 Å². The number of hydrogen-bond acceptors (Lipinski definition) is 3. The lowest BCUT2D eigenvalue weighted by molar-refractivity contribution is -0.118. The van der Waals surface area contributed by atoms with Crippen molar-refractivity contribution in [3.8, 4) is 0 Å². The highest BCUT2D eigenvalue weighted by atomic mass is 16.1. The number of nitrogens with one attached hydrogen (secondary N) is 2. The van der Waals surface area contributed by atoms with Crippen molar-refractivity contribution in [3.63, 3.8) is 0 Å². The average molecular weight is 301 g/mol. The van der Waals surface area contributed by atoms with E-state index in [9.17, 15) is 4.79 Å². The summed E-state index contributed by atoms with van der Waals surface area (Å²) in [6.07, 6.45) is 2.63. The van der Waals surface area contributed by atoms with Crippen LogP contribution in [-0.2, 0) is 11.3 Å². The van der Waals surface area contributed by atoms with Crippen LogP contribution in [0.3, 0.4) is 0 Å². The fraction of sp³-hybridized carbons (Fsp3) is 0.611. The number of rotatable bonds is 6. The largest absolute Gasteiger partial charge is 0.355 e. The fourth-order valence-electron chi connectivity index (χ4n) is 4.08. The maximum atomic E-state index is 10.9. The first kappa shape index (κ1) is 15.5. The van der Waals surface area contributed by atoms with Crippen molar-refractivity contribution >= 4 is 5.91 Å². The molecule has 3 rings (SSSR count). The Bertz CT molecular complexity index is 490. The number of carbonyl (C=O) groups excluding carboxylic acids is 1. The molecule has 1 heterocycles. The fourth-order valence-corrected chi connectivity index (χ4v) is 4.08. The second-order valence-corrected chi connectivity index (χ2v) is 6.72. The first-order chi connectivity index (χ1) is 10.7. The van der Waals surface area contributed by atoms with Gasteiger partial charge in [0.15, 0.2) is 0 Å². The smallest absolute Gasteiger partial charge is 0.216 e. The SMILES string of the molecule is CC(=O)NCCNC1CCC2CN(Cc3ccccc3)CC21. The predicted molar refractivity (Wildman–Crippen MR) is 88.4 cm³/mol. The molecule has 4 heteroatoms. The molecule has 0 bridgehead atoms. The quantitative estimate of drug-likeness (QED) is 0.785. The van der Waals surface area contributed by atoms with Crippen molar-refractivity contribution in [2.75, 3.05) is 26.2 Å². The summed E-state index contributed by atoms with van der Waals surface area (Å²) in [4.78, 5) is 13.5. The van der Waals surface area contributed by atoms with E-state index in [4.69, 9.17) is 0 Å². The van der Waals surface area contributed by atoms with Crippen LogP contribution in [0.1, 0.15) is 25.3 Å². The normalized spacial score (nSPS) is 27.8. The van der Waals surface area contributed by atoms with Crippen molar-refractivity contribution in [2.24, 2.45) is 11.8 Å².